The third kappa shape index (κ3) is 2.79. The summed E-state index contributed by atoms with van der Waals surface area (Å²) in [6.45, 7) is 6.93. The molecule has 6 rings (SSSR count). The fourth-order valence-corrected chi connectivity index (χ4v) is 6.18. The zero-order chi connectivity index (χ0) is 21.2. The predicted octanol–water partition coefficient (Wildman–Crippen LogP) is 8.17. The summed E-state index contributed by atoms with van der Waals surface area (Å²) < 4.78 is 0. The lowest BCUT2D eigenvalue weighted by Gasteiger charge is -2.25. The SMILES string of the molecule is Cc1cc2c(c(-c3nccc4cc(C5CCCC5)ccc34)c1)C(C)(C)c1ccccc1-2. The topological polar surface area (TPSA) is 12.9 Å². The monoisotopic (exact) mass is 403 g/mol. The first-order valence-corrected chi connectivity index (χ1v) is 11.7. The van der Waals surface area contributed by atoms with Crippen molar-refractivity contribution in [3.63, 3.8) is 0 Å². The predicted molar refractivity (Wildman–Crippen MR) is 131 cm³/mol. The lowest BCUT2D eigenvalue weighted by atomic mass is 9.78. The molecule has 0 atom stereocenters. The van der Waals surface area contributed by atoms with Crippen molar-refractivity contribution in [1.82, 2.24) is 4.98 Å². The van der Waals surface area contributed by atoms with E-state index in [9.17, 15) is 0 Å². The molecule has 3 aromatic carbocycles. The van der Waals surface area contributed by atoms with Gasteiger partial charge in [-0.25, -0.2) is 0 Å². The molecule has 154 valence electrons. The summed E-state index contributed by atoms with van der Waals surface area (Å²) in [6, 6.07) is 22.9. The van der Waals surface area contributed by atoms with Gasteiger partial charge in [0.25, 0.3) is 0 Å². The molecule has 1 nitrogen and oxygen atoms in total. The fourth-order valence-electron chi connectivity index (χ4n) is 6.18. The second-order valence-corrected chi connectivity index (χ2v) is 10.0. The van der Waals surface area contributed by atoms with Gasteiger partial charge in [0.15, 0.2) is 0 Å². The lowest BCUT2D eigenvalue weighted by molar-refractivity contribution is 0.662. The molecule has 0 bridgehead atoms. The van der Waals surface area contributed by atoms with Crippen LogP contribution in [0.25, 0.3) is 33.2 Å². The van der Waals surface area contributed by atoms with Crippen molar-refractivity contribution in [2.45, 2.75) is 57.8 Å². The van der Waals surface area contributed by atoms with E-state index in [0.717, 1.165) is 11.6 Å². The van der Waals surface area contributed by atoms with Crippen molar-refractivity contribution in [2.24, 2.45) is 0 Å². The van der Waals surface area contributed by atoms with Crippen LogP contribution in [0.4, 0.5) is 0 Å². The first-order chi connectivity index (χ1) is 15.0. The molecular weight excluding hydrogens is 374 g/mol. The highest BCUT2D eigenvalue weighted by Crippen LogP contribution is 2.52. The van der Waals surface area contributed by atoms with Gasteiger partial charge in [-0.3, -0.25) is 4.98 Å². The average Bonchev–Trinajstić information content (AvgIpc) is 3.39. The highest BCUT2D eigenvalue weighted by Gasteiger charge is 2.38. The maximum absolute atomic E-state index is 4.95. The van der Waals surface area contributed by atoms with Gasteiger partial charge >= 0.3 is 0 Å². The van der Waals surface area contributed by atoms with Crippen molar-refractivity contribution >= 4 is 10.8 Å². The van der Waals surface area contributed by atoms with Crippen molar-refractivity contribution in [2.75, 3.05) is 0 Å². The van der Waals surface area contributed by atoms with E-state index < -0.39 is 0 Å². The molecule has 2 aliphatic rings. The van der Waals surface area contributed by atoms with Crippen LogP contribution in [0.5, 0.6) is 0 Å². The molecule has 1 fully saturated rings. The van der Waals surface area contributed by atoms with Crippen LogP contribution >= 0.6 is 0 Å². The smallest absolute Gasteiger partial charge is 0.0783 e. The van der Waals surface area contributed by atoms with Crippen molar-refractivity contribution in [3.8, 4) is 22.4 Å². The molecule has 2 aliphatic carbocycles. The zero-order valence-corrected chi connectivity index (χ0v) is 18.7. The van der Waals surface area contributed by atoms with Crippen LogP contribution in [0.1, 0.15) is 67.7 Å². The Morgan fingerprint density at radius 1 is 0.839 bits per heavy atom. The third-order valence-corrected chi connectivity index (χ3v) is 7.67. The van der Waals surface area contributed by atoms with Gasteiger partial charge in [-0.1, -0.05) is 75.2 Å². The first kappa shape index (κ1) is 18.8. The van der Waals surface area contributed by atoms with Crippen LogP contribution in [0.2, 0.25) is 0 Å². The highest BCUT2D eigenvalue weighted by molar-refractivity contribution is 5.98. The van der Waals surface area contributed by atoms with E-state index >= 15 is 0 Å². The summed E-state index contributed by atoms with van der Waals surface area (Å²) in [4.78, 5) is 4.95. The number of pyridine rings is 1. The molecule has 0 radical (unpaired) electrons. The number of rotatable bonds is 2. The fraction of sp³-hybridized carbons (Fsp3) is 0.300. The highest BCUT2D eigenvalue weighted by atomic mass is 14.7. The van der Waals surface area contributed by atoms with Crippen LogP contribution < -0.4 is 0 Å². The largest absolute Gasteiger partial charge is 0.256 e. The molecule has 0 spiro atoms. The van der Waals surface area contributed by atoms with Gasteiger partial charge in [-0.15, -0.1) is 0 Å². The average molecular weight is 404 g/mol. The molecule has 31 heavy (non-hydrogen) atoms. The summed E-state index contributed by atoms with van der Waals surface area (Å²) in [5, 5.41) is 2.58. The van der Waals surface area contributed by atoms with Crippen LogP contribution in [0.3, 0.4) is 0 Å². The minimum Gasteiger partial charge on any atom is -0.256 e. The van der Waals surface area contributed by atoms with Gasteiger partial charge in [0.2, 0.25) is 0 Å². The summed E-state index contributed by atoms with van der Waals surface area (Å²) in [7, 11) is 0. The molecule has 1 heteroatoms. The summed E-state index contributed by atoms with van der Waals surface area (Å²) in [6.07, 6.45) is 7.41. The first-order valence-electron chi connectivity index (χ1n) is 11.7. The maximum atomic E-state index is 4.95. The lowest BCUT2D eigenvalue weighted by Crippen LogP contribution is -2.16. The Hall–Kier alpha value is -2.93. The Bertz CT molecular complexity index is 1320. The number of aromatic nitrogens is 1. The maximum Gasteiger partial charge on any atom is 0.0783 e. The third-order valence-electron chi connectivity index (χ3n) is 7.67. The molecule has 1 heterocycles. The summed E-state index contributed by atoms with van der Waals surface area (Å²) >= 11 is 0. The molecule has 1 aromatic heterocycles. The normalized spacial score (nSPS) is 17.1. The van der Waals surface area contributed by atoms with Crippen molar-refractivity contribution in [3.05, 3.63) is 89.1 Å². The van der Waals surface area contributed by atoms with Gasteiger partial charge in [-0.2, -0.15) is 0 Å². The number of hydrogen-bond donors (Lipinski definition) is 0. The zero-order valence-electron chi connectivity index (χ0n) is 18.7. The number of nitrogens with zero attached hydrogens (tertiary/aromatic N) is 1. The Morgan fingerprint density at radius 2 is 1.61 bits per heavy atom. The van der Waals surface area contributed by atoms with Crippen LogP contribution in [-0.4, -0.2) is 4.98 Å². The molecule has 0 aliphatic heterocycles. The summed E-state index contributed by atoms with van der Waals surface area (Å²) in [5.41, 5.74) is 10.7. The minimum atomic E-state index is -0.0391. The van der Waals surface area contributed by atoms with Crippen LogP contribution in [0.15, 0.2) is 66.9 Å². The van der Waals surface area contributed by atoms with E-state index in [0.29, 0.717) is 0 Å². The summed E-state index contributed by atoms with van der Waals surface area (Å²) in [5.74, 6) is 0.734. The molecule has 0 amide bonds. The minimum absolute atomic E-state index is 0.0391. The molecule has 0 unspecified atom stereocenters. The van der Waals surface area contributed by atoms with Crippen LogP contribution in [-0.2, 0) is 5.41 Å². The Labute approximate surface area is 185 Å². The van der Waals surface area contributed by atoms with Gasteiger partial charge in [-0.05, 0) is 76.6 Å². The Morgan fingerprint density at radius 3 is 2.45 bits per heavy atom. The number of aryl methyl sites for hydroxylation is 1. The van der Waals surface area contributed by atoms with Crippen molar-refractivity contribution < 1.29 is 0 Å². The number of fused-ring (bicyclic) bond motifs is 4. The number of hydrogen-bond acceptors (Lipinski definition) is 1. The van der Waals surface area contributed by atoms with Crippen molar-refractivity contribution in [1.29, 1.82) is 0 Å². The van der Waals surface area contributed by atoms with E-state index in [-0.39, 0.29) is 5.41 Å². The quantitative estimate of drug-likeness (QED) is 0.329. The Balaban J connectivity index is 1.59. The van der Waals surface area contributed by atoms with E-state index in [1.807, 2.05) is 6.20 Å². The molecule has 4 aromatic rings. The van der Waals surface area contributed by atoms with Gasteiger partial charge in [0.05, 0.1) is 5.69 Å². The van der Waals surface area contributed by atoms with E-state index in [1.54, 1.807) is 0 Å². The van der Waals surface area contributed by atoms with E-state index in [2.05, 4.69) is 81.4 Å². The van der Waals surface area contributed by atoms with Gasteiger partial charge in [0, 0.05) is 22.6 Å². The second kappa shape index (κ2) is 6.79. The molecular formula is C30H29N. The van der Waals surface area contributed by atoms with Crippen LogP contribution in [0, 0.1) is 6.92 Å². The number of benzene rings is 3. The standard InChI is InChI=1S/C30H29N/c1-19-16-25-24-10-6-7-11-27(24)30(2,3)28(25)26(17-19)29-23-13-12-21(20-8-4-5-9-20)18-22(23)14-15-31-29/h6-7,10-18,20H,4-5,8-9H2,1-3H3. The molecule has 0 saturated heterocycles. The second-order valence-electron chi connectivity index (χ2n) is 10.0. The van der Waals surface area contributed by atoms with E-state index in [1.165, 1.54) is 75.4 Å². The van der Waals surface area contributed by atoms with Gasteiger partial charge in [0.1, 0.15) is 0 Å². The Kier molecular flexibility index (Phi) is 4.12. The molecule has 1 saturated carbocycles. The van der Waals surface area contributed by atoms with Gasteiger partial charge < -0.3 is 0 Å². The van der Waals surface area contributed by atoms with E-state index in [4.69, 9.17) is 4.98 Å². The molecule has 0 N–H and O–H groups in total.